The highest BCUT2D eigenvalue weighted by Gasteiger charge is 2.22. The van der Waals surface area contributed by atoms with E-state index in [2.05, 4.69) is 37.9 Å². The van der Waals surface area contributed by atoms with Gasteiger partial charge in [-0.05, 0) is 18.9 Å². The molecule has 1 heterocycles. The molecule has 0 aliphatic carbocycles. The van der Waals surface area contributed by atoms with Gasteiger partial charge in [-0.3, -0.25) is 0 Å². The van der Waals surface area contributed by atoms with E-state index >= 15 is 0 Å². The lowest BCUT2D eigenvalue weighted by Crippen LogP contribution is -2.37. The SMILES string of the molecule is CC(C)CN1CCC(NC(C)C)C1. The molecule has 0 amide bonds. The highest BCUT2D eigenvalue weighted by Crippen LogP contribution is 2.11. The maximum atomic E-state index is 3.60. The monoisotopic (exact) mass is 184 g/mol. The van der Waals surface area contributed by atoms with Crippen molar-refractivity contribution in [3.8, 4) is 0 Å². The molecule has 0 aromatic heterocycles. The molecule has 0 saturated carbocycles. The van der Waals surface area contributed by atoms with Crippen molar-refractivity contribution in [1.82, 2.24) is 10.2 Å². The van der Waals surface area contributed by atoms with Gasteiger partial charge in [-0.1, -0.05) is 27.7 Å². The van der Waals surface area contributed by atoms with E-state index in [1.54, 1.807) is 0 Å². The average Bonchev–Trinajstić information content (AvgIpc) is 2.33. The Hall–Kier alpha value is -0.0800. The first-order chi connectivity index (χ1) is 6.08. The summed E-state index contributed by atoms with van der Waals surface area (Å²) in [6, 6.07) is 1.36. The van der Waals surface area contributed by atoms with E-state index in [1.807, 2.05) is 0 Å². The number of likely N-dealkylation sites (tertiary alicyclic amines) is 1. The summed E-state index contributed by atoms with van der Waals surface area (Å²) in [6.45, 7) is 12.8. The van der Waals surface area contributed by atoms with Crippen LogP contribution in [0.15, 0.2) is 0 Å². The molecule has 0 aromatic rings. The largest absolute Gasteiger partial charge is 0.310 e. The van der Waals surface area contributed by atoms with Crippen LogP contribution in [0.3, 0.4) is 0 Å². The van der Waals surface area contributed by atoms with Crippen LogP contribution in [0.1, 0.15) is 34.1 Å². The predicted molar refractivity (Wildman–Crippen MR) is 58.0 cm³/mol. The van der Waals surface area contributed by atoms with E-state index in [-0.39, 0.29) is 0 Å². The van der Waals surface area contributed by atoms with Crippen molar-refractivity contribution in [2.75, 3.05) is 19.6 Å². The minimum Gasteiger partial charge on any atom is -0.310 e. The molecular weight excluding hydrogens is 160 g/mol. The Labute approximate surface area is 82.7 Å². The van der Waals surface area contributed by atoms with Crippen molar-refractivity contribution in [3.63, 3.8) is 0 Å². The summed E-state index contributed by atoms with van der Waals surface area (Å²) in [5, 5.41) is 3.60. The zero-order chi connectivity index (χ0) is 9.84. The van der Waals surface area contributed by atoms with Crippen molar-refractivity contribution in [3.05, 3.63) is 0 Å². The molecule has 2 heteroatoms. The Kier molecular flexibility index (Phi) is 4.20. The lowest BCUT2D eigenvalue weighted by Gasteiger charge is -2.19. The average molecular weight is 184 g/mol. The first-order valence-corrected chi connectivity index (χ1v) is 5.56. The van der Waals surface area contributed by atoms with Crippen LogP contribution in [-0.4, -0.2) is 36.6 Å². The summed E-state index contributed by atoms with van der Waals surface area (Å²) < 4.78 is 0. The molecule has 2 nitrogen and oxygen atoms in total. The molecule has 78 valence electrons. The maximum absolute atomic E-state index is 3.60. The van der Waals surface area contributed by atoms with E-state index < -0.39 is 0 Å². The fraction of sp³-hybridized carbons (Fsp3) is 1.00. The number of nitrogens with zero attached hydrogens (tertiary/aromatic N) is 1. The van der Waals surface area contributed by atoms with Crippen LogP contribution in [-0.2, 0) is 0 Å². The van der Waals surface area contributed by atoms with Crippen LogP contribution in [0.5, 0.6) is 0 Å². The van der Waals surface area contributed by atoms with Crippen LogP contribution in [0.2, 0.25) is 0 Å². The highest BCUT2D eigenvalue weighted by molar-refractivity contribution is 4.82. The molecule has 13 heavy (non-hydrogen) atoms. The molecule has 0 bridgehead atoms. The normalized spacial score (nSPS) is 24.9. The summed E-state index contributed by atoms with van der Waals surface area (Å²) in [5.74, 6) is 0.804. The van der Waals surface area contributed by atoms with Gasteiger partial charge in [0.15, 0.2) is 0 Å². The molecule has 1 N–H and O–H groups in total. The number of nitrogens with one attached hydrogen (secondary N) is 1. The molecule has 1 saturated heterocycles. The van der Waals surface area contributed by atoms with E-state index in [0.717, 1.165) is 12.0 Å². The van der Waals surface area contributed by atoms with Gasteiger partial charge in [0.05, 0.1) is 0 Å². The number of rotatable bonds is 4. The van der Waals surface area contributed by atoms with Gasteiger partial charge < -0.3 is 10.2 Å². The summed E-state index contributed by atoms with van der Waals surface area (Å²) in [5.41, 5.74) is 0. The molecule has 1 atom stereocenters. The second-order valence-corrected chi connectivity index (χ2v) is 4.96. The number of hydrogen-bond donors (Lipinski definition) is 1. The highest BCUT2D eigenvalue weighted by atomic mass is 15.2. The summed E-state index contributed by atoms with van der Waals surface area (Å²) in [4.78, 5) is 2.57. The van der Waals surface area contributed by atoms with Crippen LogP contribution in [0, 0.1) is 5.92 Å². The van der Waals surface area contributed by atoms with E-state index in [9.17, 15) is 0 Å². The van der Waals surface area contributed by atoms with Gasteiger partial charge in [0.2, 0.25) is 0 Å². The molecule has 0 aromatic carbocycles. The number of hydrogen-bond acceptors (Lipinski definition) is 2. The molecule has 1 aliphatic heterocycles. The van der Waals surface area contributed by atoms with Crippen LogP contribution in [0.4, 0.5) is 0 Å². The first kappa shape index (κ1) is 11.0. The van der Waals surface area contributed by atoms with Gasteiger partial charge in [-0.2, -0.15) is 0 Å². The van der Waals surface area contributed by atoms with Gasteiger partial charge in [0.1, 0.15) is 0 Å². The molecule has 1 aliphatic rings. The van der Waals surface area contributed by atoms with E-state index in [0.29, 0.717) is 6.04 Å². The van der Waals surface area contributed by atoms with Gasteiger partial charge in [-0.15, -0.1) is 0 Å². The Morgan fingerprint density at radius 3 is 2.54 bits per heavy atom. The summed E-state index contributed by atoms with van der Waals surface area (Å²) >= 11 is 0. The Morgan fingerprint density at radius 2 is 2.00 bits per heavy atom. The van der Waals surface area contributed by atoms with Crippen molar-refractivity contribution in [1.29, 1.82) is 0 Å². The third-order valence-electron chi connectivity index (χ3n) is 2.46. The van der Waals surface area contributed by atoms with Gasteiger partial charge in [-0.25, -0.2) is 0 Å². The fourth-order valence-electron chi connectivity index (χ4n) is 2.12. The third-order valence-corrected chi connectivity index (χ3v) is 2.46. The van der Waals surface area contributed by atoms with Gasteiger partial charge >= 0.3 is 0 Å². The smallest absolute Gasteiger partial charge is 0.0209 e. The maximum Gasteiger partial charge on any atom is 0.0209 e. The Bertz CT molecular complexity index is 127. The van der Waals surface area contributed by atoms with Crippen molar-refractivity contribution >= 4 is 0 Å². The first-order valence-electron chi connectivity index (χ1n) is 5.56. The van der Waals surface area contributed by atoms with Crippen molar-refractivity contribution in [2.24, 2.45) is 5.92 Å². The molecule has 1 unspecified atom stereocenters. The lowest BCUT2D eigenvalue weighted by atomic mass is 10.2. The zero-order valence-corrected chi connectivity index (χ0v) is 9.51. The molecule has 1 fully saturated rings. The van der Waals surface area contributed by atoms with Gasteiger partial charge in [0.25, 0.3) is 0 Å². The molecule has 1 rings (SSSR count). The standard InChI is InChI=1S/C11H24N2/c1-9(2)7-13-6-5-11(8-13)12-10(3)4/h9-12H,5-8H2,1-4H3. The van der Waals surface area contributed by atoms with Crippen molar-refractivity contribution in [2.45, 2.75) is 46.2 Å². The van der Waals surface area contributed by atoms with E-state index in [1.165, 1.54) is 26.1 Å². The second kappa shape index (κ2) is 4.97. The lowest BCUT2D eigenvalue weighted by molar-refractivity contribution is 0.288. The Balaban J connectivity index is 2.20. The van der Waals surface area contributed by atoms with E-state index in [4.69, 9.17) is 0 Å². The van der Waals surface area contributed by atoms with Crippen LogP contribution < -0.4 is 5.32 Å². The predicted octanol–water partition coefficient (Wildman–Crippen LogP) is 1.71. The zero-order valence-electron chi connectivity index (χ0n) is 9.51. The minimum absolute atomic E-state index is 0.629. The topological polar surface area (TPSA) is 15.3 Å². The Morgan fingerprint density at radius 1 is 1.31 bits per heavy atom. The molecule has 0 spiro atoms. The molecule has 0 radical (unpaired) electrons. The third kappa shape index (κ3) is 4.10. The molecular formula is C11H24N2. The summed E-state index contributed by atoms with van der Waals surface area (Å²) in [6.07, 6.45) is 1.32. The minimum atomic E-state index is 0.629. The quantitative estimate of drug-likeness (QED) is 0.715. The second-order valence-electron chi connectivity index (χ2n) is 4.96. The van der Waals surface area contributed by atoms with Gasteiger partial charge in [0, 0.05) is 25.2 Å². The summed E-state index contributed by atoms with van der Waals surface area (Å²) in [7, 11) is 0. The fourth-order valence-corrected chi connectivity index (χ4v) is 2.12. The van der Waals surface area contributed by atoms with Crippen molar-refractivity contribution < 1.29 is 0 Å². The van der Waals surface area contributed by atoms with Crippen LogP contribution in [0.25, 0.3) is 0 Å². The van der Waals surface area contributed by atoms with Crippen LogP contribution >= 0.6 is 0 Å².